The van der Waals surface area contributed by atoms with E-state index in [0.29, 0.717) is 18.1 Å². The van der Waals surface area contributed by atoms with Gasteiger partial charge in [-0.05, 0) is 30.3 Å². The first-order valence-corrected chi connectivity index (χ1v) is 10.4. The standard InChI is InChI=1S/C21H20N6O2S/c1-26(15-7-3-2-4-8-15)19-12-11-18(27(28)29)20(25-19)22-13-14-30-21-23-16-9-5-6-10-17(16)24-21/h2-12H,13-14H2,1H3,(H,22,25)(H,23,24). The molecule has 0 aliphatic carbocycles. The molecule has 2 aromatic heterocycles. The van der Waals surface area contributed by atoms with E-state index in [-0.39, 0.29) is 11.5 Å². The molecule has 0 atom stereocenters. The monoisotopic (exact) mass is 420 g/mol. The zero-order chi connectivity index (χ0) is 20.9. The lowest BCUT2D eigenvalue weighted by molar-refractivity contribution is -0.384. The molecule has 4 aromatic rings. The van der Waals surface area contributed by atoms with Gasteiger partial charge in [-0.1, -0.05) is 42.1 Å². The van der Waals surface area contributed by atoms with Crippen LogP contribution in [0, 0.1) is 10.1 Å². The topological polar surface area (TPSA) is 100.0 Å². The van der Waals surface area contributed by atoms with E-state index in [1.807, 2.05) is 66.5 Å². The molecule has 0 saturated heterocycles. The number of nitro groups is 1. The van der Waals surface area contributed by atoms with E-state index >= 15 is 0 Å². The van der Waals surface area contributed by atoms with Gasteiger partial charge in [0.25, 0.3) is 0 Å². The van der Waals surface area contributed by atoms with Crippen LogP contribution in [0.2, 0.25) is 0 Å². The summed E-state index contributed by atoms with van der Waals surface area (Å²) in [5.41, 5.74) is 2.81. The molecular weight excluding hydrogens is 400 g/mol. The van der Waals surface area contributed by atoms with Crippen LogP contribution in [0.3, 0.4) is 0 Å². The molecule has 0 radical (unpaired) electrons. The van der Waals surface area contributed by atoms with E-state index in [1.54, 1.807) is 17.8 Å². The fourth-order valence-electron chi connectivity index (χ4n) is 3.00. The Kier molecular flexibility index (Phi) is 5.80. The predicted molar refractivity (Wildman–Crippen MR) is 121 cm³/mol. The third-order valence-corrected chi connectivity index (χ3v) is 5.42. The summed E-state index contributed by atoms with van der Waals surface area (Å²) >= 11 is 1.55. The van der Waals surface area contributed by atoms with Crippen LogP contribution in [-0.2, 0) is 0 Å². The van der Waals surface area contributed by atoms with Gasteiger partial charge < -0.3 is 15.2 Å². The normalized spacial score (nSPS) is 10.8. The third kappa shape index (κ3) is 4.36. The van der Waals surface area contributed by atoms with E-state index in [9.17, 15) is 10.1 Å². The van der Waals surface area contributed by atoms with E-state index in [4.69, 9.17) is 0 Å². The molecule has 30 heavy (non-hydrogen) atoms. The van der Waals surface area contributed by atoms with Gasteiger partial charge in [-0.15, -0.1) is 0 Å². The molecule has 2 aromatic carbocycles. The van der Waals surface area contributed by atoms with Gasteiger partial charge in [0, 0.05) is 31.1 Å². The largest absolute Gasteiger partial charge is 0.363 e. The maximum atomic E-state index is 11.4. The van der Waals surface area contributed by atoms with Crippen molar-refractivity contribution in [1.29, 1.82) is 0 Å². The minimum absolute atomic E-state index is 0.0473. The Labute approximate surface area is 177 Å². The van der Waals surface area contributed by atoms with Gasteiger partial charge in [0.05, 0.1) is 16.0 Å². The second-order valence-corrected chi connectivity index (χ2v) is 7.61. The number of H-pyrrole nitrogens is 1. The third-order valence-electron chi connectivity index (χ3n) is 4.54. The highest BCUT2D eigenvalue weighted by molar-refractivity contribution is 7.99. The number of rotatable bonds is 8. The second-order valence-electron chi connectivity index (χ2n) is 6.52. The molecule has 9 heteroatoms. The van der Waals surface area contributed by atoms with Gasteiger partial charge in [0.15, 0.2) is 5.16 Å². The molecule has 0 bridgehead atoms. The molecule has 0 saturated carbocycles. The van der Waals surface area contributed by atoms with Crippen LogP contribution in [0.5, 0.6) is 0 Å². The fourth-order valence-corrected chi connectivity index (χ4v) is 3.75. The number of hydrogen-bond donors (Lipinski definition) is 2. The van der Waals surface area contributed by atoms with Crippen molar-refractivity contribution in [3.63, 3.8) is 0 Å². The minimum Gasteiger partial charge on any atom is -0.363 e. The van der Waals surface area contributed by atoms with Crippen LogP contribution < -0.4 is 10.2 Å². The van der Waals surface area contributed by atoms with Crippen LogP contribution in [-0.4, -0.2) is 39.2 Å². The highest BCUT2D eigenvalue weighted by Gasteiger charge is 2.17. The number of pyridine rings is 1. The van der Waals surface area contributed by atoms with Gasteiger partial charge in [0.1, 0.15) is 5.82 Å². The smallest absolute Gasteiger partial charge is 0.311 e. The molecule has 2 N–H and O–H groups in total. The lowest BCUT2D eigenvalue weighted by atomic mass is 10.3. The van der Waals surface area contributed by atoms with Crippen molar-refractivity contribution in [2.75, 3.05) is 29.6 Å². The Morgan fingerprint density at radius 3 is 2.60 bits per heavy atom. The number of hydrogen-bond acceptors (Lipinski definition) is 7. The van der Waals surface area contributed by atoms with Crippen LogP contribution in [0.15, 0.2) is 71.9 Å². The van der Waals surface area contributed by atoms with Crippen LogP contribution in [0.4, 0.5) is 23.0 Å². The summed E-state index contributed by atoms with van der Waals surface area (Å²) in [5.74, 6) is 1.56. The quantitative estimate of drug-likeness (QED) is 0.182. The maximum absolute atomic E-state index is 11.4. The Hall–Kier alpha value is -3.59. The molecule has 0 spiro atoms. The van der Waals surface area contributed by atoms with Crippen molar-refractivity contribution in [2.45, 2.75) is 5.16 Å². The lowest BCUT2D eigenvalue weighted by Crippen LogP contribution is -2.14. The van der Waals surface area contributed by atoms with Crippen molar-refractivity contribution in [3.8, 4) is 0 Å². The van der Waals surface area contributed by atoms with Gasteiger partial charge in [-0.25, -0.2) is 9.97 Å². The molecule has 152 valence electrons. The lowest BCUT2D eigenvalue weighted by Gasteiger charge is -2.19. The first-order chi connectivity index (χ1) is 14.6. The summed E-state index contributed by atoms with van der Waals surface area (Å²) in [7, 11) is 1.88. The van der Waals surface area contributed by atoms with Gasteiger partial charge in [-0.2, -0.15) is 0 Å². The summed E-state index contributed by atoms with van der Waals surface area (Å²) in [6, 6.07) is 20.7. The summed E-state index contributed by atoms with van der Waals surface area (Å²) < 4.78 is 0. The highest BCUT2D eigenvalue weighted by Crippen LogP contribution is 2.29. The summed E-state index contributed by atoms with van der Waals surface area (Å²) in [5, 5.41) is 15.3. The number of nitrogens with one attached hydrogen (secondary N) is 2. The fraction of sp³-hybridized carbons (Fsp3) is 0.143. The SMILES string of the molecule is CN(c1ccccc1)c1ccc([N+](=O)[O-])c(NCCSc2nc3ccccc3[nH]2)n1. The molecule has 0 amide bonds. The number of imidazole rings is 1. The first kappa shape index (κ1) is 19.7. The average molecular weight is 420 g/mol. The zero-order valence-electron chi connectivity index (χ0n) is 16.3. The first-order valence-electron chi connectivity index (χ1n) is 9.37. The van der Waals surface area contributed by atoms with E-state index in [2.05, 4.69) is 20.3 Å². The van der Waals surface area contributed by atoms with Crippen LogP contribution in [0.25, 0.3) is 11.0 Å². The van der Waals surface area contributed by atoms with Crippen molar-refractivity contribution in [2.24, 2.45) is 0 Å². The molecule has 8 nitrogen and oxygen atoms in total. The summed E-state index contributed by atoms with van der Waals surface area (Å²) in [4.78, 5) is 25.2. The molecule has 0 fully saturated rings. The van der Waals surface area contributed by atoms with Crippen molar-refractivity contribution in [1.82, 2.24) is 15.0 Å². The van der Waals surface area contributed by atoms with Crippen molar-refractivity contribution >= 4 is 45.8 Å². The van der Waals surface area contributed by atoms with Crippen LogP contribution >= 0.6 is 11.8 Å². The molecule has 0 aliphatic heterocycles. The zero-order valence-corrected chi connectivity index (χ0v) is 17.1. The Morgan fingerprint density at radius 1 is 1.07 bits per heavy atom. The van der Waals surface area contributed by atoms with Crippen LogP contribution in [0.1, 0.15) is 0 Å². The Balaban J connectivity index is 1.44. The second kappa shape index (κ2) is 8.83. The molecule has 0 unspecified atom stereocenters. The van der Waals surface area contributed by atoms with Gasteiger partial charge >= 0.3 is 5.69 Å². The van der Waals surface area contributed by atoms with Crippen molar-refractivity contribution in [3.05, 3.63) is 76.8 Å². The Bertz CT molecular complexity index is 1130. The maximum Gasteiger partial charge on any atom is 0.311 e. The highest BCUT2D eigenvalue weighted by atomic mass is 32.2. The predicted octanol–water partition coefficient (Wildman–Crippen LogP) is 4.84. The molecule has 4 rings (SSSR count). The van der Waals surface area contributed by atoms with E-state index in [1.165, 1.54) is 6.07 Å². The van der Waals surface area contributed by atoms with E-state index in [0.717, 1.165) is 21.9 Å². The number of para-hydroxylation sites is 3. The number of anilines is 3. The van der Waals surface area contributed by atoms with Crippen molar-refractivity contribution < 1.29 is 4.92 Å². The molecular formula is C21H20N6O2S. The van der Waals surface area contributed by atoms with Gasteiger partial charge in [0.2, 0.25) is 5.82 Å². The average Bonchev–Trinajstić information content (AvgIpc) is 3.19. The number of fused-ring (bicyclic) bond motifs is 1. The molecule has 2 heterocycles. The minimum atomic E-state index is -0.423. The van der Waals surface area contributed by atoms with Gasteiger partial charge in [-0.3, -0.25) is 10.1 Å². The Morgan fingerprint density at radius 2 is 1.83 bits per heavy atom. The number of thioether (sulfide) groups is 1. The summed E-state index contributed by atoms with van der Waals surface area (Å²) in [6.07, 6.45) is 0. The van der Waals surface area contributed by atoms with E-state index < -0.39 is 4.92 Å². The number of aromatic nitrogens is 3. The number of benzene rings is 2. The number of aromatic amines is 1. The number of nitrogens with zero attached hydrogens (tertiary/aromatic N) is 4. The molecule has 0 aliphatic rings. The summed E-state index contributed by atoms with van der Waals surface area (Å²) in [6.45, 7) is 0.508.